The Morgan fingerprint density at radius 2 is 1.52 bits per heavy atom. The number of para-hydroxylation sites is 1. The third kappa shape index (κ3) is 6.61. The number of nitrogens with zero attached hydrogens (tertiary/aromatic N) is 1. The number of benzene rings is 2. The molecule has 0 bridgehead atoms. The van der Waals surface area contributed by atoms with E-state index in [1.54, 1.807) is 12.1 Å². The van der Waals surface area contributed by atoms with Gasteiger partial charge in [-0.15, -0.1) is 0 Å². The first-order valence-electron chi connectivity index (χ1n) is 9.29. The molecule has 0 aliphatic heterocycles. The standard InChI is InChI=1S/C22H29NO2/c1-3-4-5-6-7-11-18-23(2)20-16-14-19(15-17-20)22(24)25-21-12-9-8-10-13-21/h8-10,12-17H,3-7,11,18H2,1-2H3. The van der Waals surface area contributed by atoms with Gasteiger partial charge in [0.25, 0.3) is 0 Å². The molecule has 0 aromatic heterocycles. The minimum Gasteiger partial charge on any atom is -0.423 e. The van der Waals surface area contributed by atoms with Gasteiger partial charge in [0.15, 0.2) is 0 Å². The molecule has 0 fully saturated rings. The predicted octanol–water partition coefficient (Wildman–Crippen LogP) is 5.70. The van der Waals surface area contributed by atoms with Crippen LogP contribution in [0.1, 0.15) is 55.8 Å². The van der Waals surface area contributed by atoms with Gasteiger partial charge in [-0.05, 0) is 42.8 Å². The molecule has 0 aliphatic carbocycles. The van der Waals surface area contributed by atoms with Crippen LogP contribution in [0.25, 0.3) is 0 Å². The van der Waals surface area contributed by atoms with Crippen molar-refractivity contribution in [2.24, 2.45) is 0 Å². The van der Waals surface area contributed by atoms with Crippen molar-refractivity contribution in [2.45, 2.75) is 45.4 Å². The van der Waals surface area contributed by atoms with Crippen molar-refractivity contribution < 1.29 is 9.53 Å². The summed E-state index contributed by atoms with van der Waals surface area (Å²) < 4.78 is 5.36. The van der Waals surface area contributed by atoms with Gasteiger partial charge in [-0.3, -0.25) is 0 Å². The zero-order chi connectivity index (χ0) is 17.9. The summed E-state index contributed by atoms with van der Waals surface area (Å²) in [5, 5.41) is 0. The Kier molecular flexibility index (Phi) is 8.03. The summed E-state index contributed by atoms with van der Waals surface area (Å²) >= 11 is 0. The Hall–Kier alpha value is -2.29. The van der Waals surface area contributed by atoms with Gasteiger partial charge in [0.1, 0.15) is 5.75 Å². The molecule has 3 heteroatoms. The second-order valence-corrected chi connectivity index (χ2v) is 6.44. The molecule has 0 heterocycles. The minimum absolute atomic E-state index is 0.323. The van der Waals surface area contributed by atoms with E-state index in [9.17, 15) is 4.79 Å². The molecule has 134 valence electrons. The Bertz CT molecular complexity index is 622. The number of hydrogen-bond acceptors (Lipinski definition) is 3. The molecule has 0 saturated carbocycles. The molecule has 0 aliphatic rings. The molecule has 2 rings (SSSR count). The minimum atomic E-state index is -0.323. The van der Waals surface area contributed by atoms with Crippen molar-refractivity contribution in [3.63, 3.8) is 0 Å². The molecule has 25 heavy (non-hydrogen) atoms. The number of rotatable bonds is 10. The molecule has 0 saturated heterocycles. The maximum Gasteiger partial charge on any atom is 0.343 e. The fourth-order valence-electron chi connectivity index (χ4n) is 2.76. The van der Waals surface area contributed by atoms with Crippen LogP contribution in [0.5, 0.6) is 5.75 Å². The number of carbonyl (C=O) groups is 1. The van der Waals surface area contributed by atoms with Crippen molar-refractivity contribution in [2.75, 3.05) is 18.5 Å². The van der Waals surface area contributed by atoms with E-state index in [2.05, 4.69) is 18.9 Å². The van der Waals surface area contributed by atoms with Crippen LogP contribution in [0.3, 0.4) is 0 Å². The molecule has 0 spiro atoms. The SMILES string of the molecule is CCCCCCCCN(C)c1ccc(C(=O)Oc2ccccc2)cc1. The summed E-state index contributed by atoms with van der Waals surface area (Å²) in [6.07, 6.45) is 7.80. The van der Waals surface area contributed by atoms with E-state index in [-0.39, 0.29) is 5.97 Å². The number of hydrogen-bond donors (Lipinski definition) is 0. The van der Waals surface area contributed by atoms with Crippen LogP contribution in [0.15, 0.2) is 54.6 Å². The van der Waals surface area contributed by atoms with Crippen LogP contribution in [-0.4, -0.2) is 19.6 Å². The third-order valence-electron chi connectivity index (χ3n) is 4.34. The summed E-state index contributed by atoms with van der Waals surface area (Å²) in [5.41, 5.74) is 1.70. The van der Waals surface area contributed by atoms with Crippen molar-refractivity contribution in [3.05, 3.63) is 60.2 Å². The largest absolute Gasteiger partial charge is 0.423 e. The Balaban J connectivity index is 1.79. The van der Waals surface area contributed by atoms with E-state index in [0.717, 1.165) is 12.2 Å². The van der Waals surface area contributed by atoms with Gasteiger partial charge >= 0.3 is 5.97 Å². The lowest BCUT2D eigenvalue weighted by molar-refractivity contribution is 0.0735. The average molecular weight is 339 g/mol. The molecule has 0 atom stereocenters. The summed E-state index contributed by atoms with van der Waals surface area (Å²) in [6.45, 7) is 3.28. The zero-order valence-electron chi connectivity index (χ0n) is 15.4. The van der Waals surface area contributed by atoms with Gasteiger partial charge in [0, 0.05) is 19.3 Å². The first-order valence-corrected chi connectivity index (χ1v) is 9.29. The third-order valence-corrected chi connectivity index (χ3v) is 4.34. The molecule has 0 amide bonds. The lowest BCUT2D eigenvalue weighted by atomic mass is 10.1. The molecule has 2 aromatic carbocycles. The number of ether oxygens (including phenoxy) is 1. The second-order valence-electron chi connectivity index (χ2n) is 6.44. The van der Waals surface area contributed by atoms with Crippen LogP contribution in [0.4, 0.5) is 5.69 Å². The molecule has 3 nitrogen and oxygen atoms in total. The maximum absolute atomic E-state index is 12.2. The highest BCUT2D eigenvalue weighted by Gasteiger charge is 2.09. The van der Waals surface area contributed by atoms with Crippen molar-refractivity contribution >= 4 is 11.7 Å². The second kappa shape index (κ2) is 10.5. The highest BCUT2D eigenvalue weighted by molar-refractivity contribution is 5.91. The van der Waals surface area contributed by atoms with E-state index >= 15 is 0 Å². The van der Waals surface area contributed by atoms with Gasteiger partial charge in [-0.1, -0.05) is 57.2 Å². The van der Waals surface area contributed by atoms with E-state index in [1.807, 2.05) is 42.5 Å². The molecular formula is C22H29NO2. The summed E-state index contributed by atoms with van der Waals surface area (Å²) in [7, 11) is 2.10. The van der Waals surface area contributed by atoms with Crippen molar-refractivity contribution in [1.82, 2.24) is 0 Å². The number of unbranched alkanes of at least 4 members (excludes halogenated alkanes) is 5. The molecule has 2 aromatic rings. The van der Waals surface area contributed by atoms with Gasteiger partial charge in [0.2, 0.25) is 0 Å². The first-order chi connectivity index (χ1) is 12.2. The number of esters is 1. The van der Waals surface area contributed by atoms with Crippen LogP contribution in [0, 0.1) is 0 Å². The van der Waals surface area contributed by atoms with E-state index in [1.165, 1.54) is 38.5 Å². The van der Waals surface area contributed by atoms with Gasteiger partial charge in [0.05, 0.1) is 5.56 Å². The highest BCUT2D eigenvalue weighted by atomic mass is 16.5. The Labute approximate surface area is 151 Å². The summed E-state index contributed by atoms with van der Waals surface area (Å²) in [5.74, 6) is 0.244. The highest BCUT2D eigenvalue weighted by Crippen LogP contribution is 2.17. The molecular weight excluding hydrogens is 310 g/mol. The number of carbonyl (C=O) groups excluding carboxylic acids is 1. The van der Waals surface area contributed by atoms with Gasteiger partial charge in [-0.25, -0.2) is 4.79 Å². The summed E-state index contributed by atoms with van der Waals surface area (Å²) in [6, 6.07) is 16.8. The van der Waals surface area contributed by atoms with Crippen LogP contribution >= 0.6 is 0 Å². The van der Waals surface area contributed by atoms with Crippen LogP contribution in [0.2, 0.25) is 0 Å². The predicted molar refractivity (Wildman–Crippen MR) is 104 cm³/mol. The topological polar surface area (TPSA) is 29.5 Å². The molecule has 0 radical (unpaired) electrons. The smallest absolute Gasteiger partial charge is 0.343 e. The zero-order valence-corrected chi connectivity index (χ0v) is 15.4. The average Bonchev–Trinajstić information content (AvgIpc) is 2.65. The van der Waals surface area contributed by atoms with Crippen molar-refractivity contribution in [1.29, 1.82) is 0 Å². The Morgan fingerprint density at radius 1 is 0.880 bits per heavy atom. The first kappa shape index (κ1) is 19.0. The molecule has 0 unspecified atom stereocenters. The lowest BCUT2D eigenvalue weighted by Gasteiger charge is -2.19. The maximum atomic E-state index is 12.2. The van der Waals surface area contributed by atoms with Gasteiger partial charge < -0.3 is 9.64 Å². The monoisotopic (exact) mass is 339 g/mol. The number of anilines is 1. The van der Waals surface area contributed by atoms with Crippen LogP contribution < -0.4 is 9.64 Å². The van der Waals surface area contributed by atoms with Crippen molar-refractivity contribution in [3.8, 4) is 5.75 Å². The van der Waals surface area contributed by atoms with Crippen LogP contribution in [-0.2, 0) is 0 Å². The molecule has 0 N–H and O–H groups in total. The fourth-order valence-corrected chi connectivity index (χ4v) is 2.76. The van der Waals surface area contributed by atoms with E-state index in [4.69, 9.17) is 4.74 Å². The van der Waals surface area contributed by atoms with E-state index in [0.29, 0.717) is 11.3 Å². The summed E-state index contributed by atoms with van der Waals surface area (Å²) in [4.78, 5) is 14.4. The van der Waals surface area contributed by atoms with E-state index < -0.39 is 0 Å². The lowest BCUT2D eigenvalue weighted by Crippen LogP contribution is -2.18. The normalized spacial score (nSPS) is 10.5. The quantitative estimate of drug-likeness (QED) is 0.316. The van der Waals surface area contributed by atoms with Gasteiger partial charge in [-0.2, -0.15) is 0 Å². The Morgan fingerprint density at radius 3 is 2.20 bits per heavy atom. The fraction of sp³-hybridized carbons (Fsp3) is 0.409.